The molecule has 28 heavy (non-hydrogen) atoms. The van der Waals surface area contributed by atoms with Crippen molar-refractivity contribution in [2.24, 2.45) is 5.92 Å². The van der Waals surface area contributed by atoms with Crippen LogP contribution in [-0.2, 0) is 16.6 Å². The largest absolute Gasteiger partial charge is 0.300 e. The predicted molar refractivity (Wildman–Crippen MR) is 107 cm³/mol. The van der Waals surface area contributed by atoms with Gasteiger partial charge >= 0.3 is 0 Å². The molecule has 3 aliphatic carbocycles. The summed E-state index contributed by atoms with van der Waals surface area (Å²) in [6, 6.07) is 8.79. The Morgan fingerprint density at radius 2 is 2.07 bits per heavy atom. The van der Waals surface area contributed by atoms with Gasteiger partial charge in [0, 0.05) is 30.2 Å². The molecule has 1 fully saturated rings. The van der Waals surface area contributed by atoms with Crippen LogP contribution < -0.4 is 0 Å². The Hall–Kier alpha value is -2.49. The molecule has 4 heteroatoms. The highest BCUT2D eigenvalue weighted by Crippen LogP contribution is 2.53. The first-order valence-electron chi connectivity index (χ1n) is 10.4. The molecule has 0 unspecified atom stereocenters. The van der Waals surface area contributed by atoms with E-state index in [0.717, 1.165) is 44.2 Å². The molecule has 0 aromatic heterocycles. The third-order valence-corrected chi connectivity index (χ3v) is 7.18. The van der Waals surface area contributed by atoms with Gasteiger partial charge in [-0.15, -0.1) is 0 Å². The SMILES string of the molecule is CC[C@@]12CCC(=O)C[C@H]1CCCc1c3cn(-c4ccc(F)cc4)ncc-3cc12. The first kappa shape index (κ1) is 17.6. The van der Waals surface area contributed by atoms with Gasteiger partial charge in [-0.05, 0) is 84.9 Å². The third kappa shape index (κ3) is 2.61. The molecule has 1 saturated carbocycles. The second-order valence-electron chi connectivity index (χ2n) is 8.44. The summed E-state index contributed by atoms with van der Waals surface area (Å²) < 4.78 is 15.1. The van der Waals surface area contributed by atoms with E-state index in [-0.39, 0.29) is 11.2 Å². The van der Waals surface area contributed by atoms with E-state index in [4.69, 9.17) is 0 Å². The number of hydrogen-bond acceptors (Lipinski definition) is 2. The predicted octanol–water partition coefficient (Wildman–Crippen LogP) is 5.47. The monoisotopic (exact) mass is 376 g/mol. The standard InChI is InChI=1S/C24H25FN2O/c1-2-24-11-10-20(28)13-17(24)4-3-5-21-22-15-27(19-8-6-18(25)7-9-19)26-14-16(22)12-23(21)24/h6-9,12,14-15,17H,2-5,10-11,13H2,1H3/t17-,24-/m1/s1. The Bertz CT molecular complexity index is 1010. The molecule has 0 N–H and O–H groups in total. The number of carbonyl (C=O) groups is 1. The first-order chi connectivity index (χ1) is 13.6. The zero-order valence-electron chi connectivity index (χ0n) is 16.2. The Balaban J connectivity index is 1.66. The topological polar surface area (TPSA) is 34.9 Å². The number of nitrogens with zero attached hydrogens (tertiary/aromatic N) is 2. The fraction of sp³-hybridized carbons (Fsp3) is 0.417. The van der Waals surface area contributed by atoms with Gasteiger partial charge < -0.3 is 0 Å². The van der Waals surface area contributed by atoms with Crippen LogP contribution in [0.15, 0.2) is 42.7 Å². The lowest BCUT2D eigenvalue weighted by molar-refractivity contribution is -0.123. The lowest BCUT2D eigenvalue weighted by Gasteiger charge is -2.43. The van der Waals surface area contributed by atoms with E-state index in [2.05, 4.69) is 24.3 Å². The van der Waals surface area contributed by atoms with Gasteiger partial charge in [-0.3, -0.25) is 4.79 Å². The number of rotatable bonds is 2. The molecule has 3 nitrogen and oxygen atoms in total. The van der Waals surface area contributed by atoms with E-state index in [1.165, 1.54) is 34.4 Å². The van der Waals surface area contributed by atoms with Crippen molar-refractivity contribution in [1.82, 2.24) is 9.78 Å². The molecule has 1 aliphatic heterocycles. The number of Topliss-reactive ketones (excluding diaryl/α,β-unsaturated/α-hetero) is 1. The molecule has 0 bridgehead atoms. The number of benzene rings is 1. The second-order valence-corrected chi connectivity index (χ2v) is 8.44. The van der Waals surface area contributed by atoms with Gasteiger partial charge in [0.05, 0.1) is 11.9 Å². The maximum atomic E-state index is 13.3. The average molecular weight is 376 g/mol. The molecule has 5 rings (SSSR count). The normalized spacial score (nSPS) is 24.6. The minimum Gasteiger partial charge on any atom is -0.300 e. The summed E-state index contributed by atoms with van der Waals surface area (Å²) in [5.41, 5.74) is 6.30. The molecule has 0 saturated heterocycles. The summed E-state index contributed by atoms with van der Waals surface area (Å²) in [6.07, 6.45) is 10.9. The van der Waals surface area contributed by atoms with Crippen molar-refractivity contribution in [2.45, 2.75) is 57.3 Å². The number of halogens is 1. The Morgan fingerprint density at radius 1 is 1.25 bits per heavy atom. The van der Waals surface area contributed by atoms with E-state index in [9.17, 15) is 9.18 Å². The van der Waals surface area contributed by atoms with Crippen LogP contribution >= 0.6 is 0 Å². The van der Waals surface area contributed by atoms with Gasteiger partial charge in [-0.1, -0.05) is 6.92 Å². The minimum atomic E-state index is -0.240. The van der Waals surface area contributed by atoms with Crippen LogP contribution in [0.1, 0.15) is 56.6 Å². The highest BCUT2D eigenvalue weighted by atomic mass is 19.1. The summed E-state index contributed by atoms with van der Waals surface area (Å²) in [6.45, 7) is 2.28. The maximum Gasteiger partial charge on any atom is 0.133 e. The molecular formula is C24H25FN2O. The van der Waals surface area contributed by atoms with Gasteiger partial charge in [0.1, 0.15) is 11.6 Å². The molecule has 144 valence electrons. The van der Waals surface area contributed by atoms with Crippen molar-refractivity contribution in [3.05, 3.63) is 59.7 Å². The average Bonchev–Trinajstić information content (AvgIpc) is 2.99. The lowest BCUT2D eigenvalue weighted by atomic mass is 9.60. The van der Waals surface area contributed by atoms with Crippen molar-refractivity contribution < 1.29 is 9.18 Å². The van der Waals surface area contributed by atoms with Crippen molar-refractivity contribution in [2.75, 3.05) is 0 Å². The summed E-state index contributed by atoms with van der Waals surface area (Å²) in [5, 5.41) is 4.58. The van der Waals surface area contributed by atoms with E-state index >= 15 is 0 Å². The number of fused-ring (bicyclic) bond motifs is 5. The molecule has 4 aliphatic rings. The third-order valence-electron chi connectivity index (χ3n) is 7.18. The molecule has 1 aromatic carbocycles. The number of hydrogen-bond donors (Lipinski definition) is 0. The second kappa shape index (κ2) is 6.54. The van der Waals surface area contributed by atoms with Gasteiger partial charge in [0.2, 0.25) is 0 Å². The number of carbonyl (C=O) groups excluding carboxylic acids is 1. The van der Waals surface area contributed by atoms with Crippen LogP contribution in [0.3, 0.4) is 0 Å². The summed E-state index contributed by atoms with van der Waals surface area (Å²) in [4.78, 5) is 12.2. The summed E-state index contributed by atoms with van der Waals surface area (Å²) >= 11 is 0. The molecule has 2 atom stereocenters. The Morgan fingerprint density at radius 3 is 2.86 bits per heavy atom. The molecule has 1 heterocycles. The van der Waals surface area contributed by atoms with E-state index in [0.29, 0.717) is 18.1 Å². The quantitative estimate of drug-likeness (QED) is 0.594. The lowest BCUT2D eigenvalue weighted by Crippen LogP contribution is -2.39. The zero-order chi connectivity index (χ0) is 19.3. The van der Waals surface area contributed by atoms with Crippen molar-refractivity contribution in [1.29, 1.82) is 0 Å². The zero-order valence-corrected chi connectivity index (χ0v) is 16.2. The smallest absolute Gasteiger partial charge is 0.133 e. The molecule has 0 radical (unpaired) electrons. The van der Waals surface area contributed by atoms with Gasteiger partial charge in [0.25, 0.3) is 0 Å². The fourth-order valence-electron chi connectivity index (χ4n) is 5.68. The fourth-order valence-corrected chi connectivity index (χ4v) is 5.68. The number of aromatic nitrogens is 2. The number of ketones is 1. The molecule has 1 aromatic rings. The van der Waals surface area contributed by atoms with E-state index in [1.807, 2.05) is 10.9 Å². The Labute approximate surface area is 164 Å². The molecule has 0 spiro atoms. The van der Waals surface area contributed by atoms with E-state index < -0.39 is 0 Å². The maximum absolute atomic E-state index is 13.3. The van der Waals surface area contributed by atoms with Crippen LogP contribution in [0.25, 0.3) is 16.8 Å². The van der Waals surface area contributed by atoms with Crippen LogP contribution in [-0.4, -0.2) is 15.6 Å². The van der Waals surface area contributed by atoms with Crippen molar-refractivity contribution in [3.63, 3.8) is 0 Å². The van der Waals surface area contributed by atoms with E-state index in [1.54, 1.807) is 12.1 Å². The van der Waals surface area contributed by atoms with Gasteiger partial charge in [0.15, 0.2) is 0 Å². The van der Waals surface area contributed by atoms with Crippen LogP contribution in [0.5, 0.6) is 0 Å². The van der Waals surface area contributed by atoms with Crippen LogP contribution in [0.4, 0.5) is 4.39 Å². The summed E-state index contributed by atoms with van der Waals surface area (Å²) in [7, 11) is 0. The van der Waals surface area contributed by atoms with Crippen molar-refractivity contribution >= 4 is 5.78 Å². The van der Waals surface area contributed by atoms with Crippen LogP contribution in [0, 0.1) is 11.7 Å². The van der Waals surface area contributed by atoms with Gasteiger partial charge in [-0.25, -0.2) is 9.07 Å². The summed E-state index contributed by atoms with van der Waals surface area (Å²) in [5.74, 6) is 0.661. The minimum absolute atomic E-state index is 0.124. The van der Waals surface area contributed by atoms with Crippen molar-refractivity contribution in [3.8, 4) is 16.8 Å². The Kier molecular flexibility index (Phi) is 4.11. The molecule has 0 amide bonds. The highest BCUT2D eigenvalue weighted by Gasteiger charge is 2.46. The highest BCUT2D eigenvalue weighted by molar-refractivity contribution is 5.81. The first-order valence-corrected chi connectivity index (χ1v) is 10.4. The van der Waals surface area contributed by atoms with Crippen LogP contribution in [0.2, 0.25) is 0 Å². The molecular weight excluding hydrogens is 351 g/mol. The van der Waals surface area contributed by atoms with Gasteiger partial charge in [-0.2, -0.15) is 5.10 Å².